The number of anilines is 1. The highest BCUT2D eigenvalue weighted by molar-refractivity contribution is 5.72. The molecule has 3 rings (SSSR count). The number of nitrogens with two attached hydrogens (primary N) is 1. The first-order chi connectivity index (χ1) is 10.2. The molecule has 4 heteroatoms. The first-order valence-corrected chi connectivity index (χ1v) is 6.96. The molecule has 0 amide bonds. The van der Waals surface area contributed by atoms with E-state index >= 15 is 0 Å². The standard InChI is InChI=1S/C17H17N3O/c1-12-6-5-9-14(16(12)18)17-19-15(20-21-17)11-10-13-7-3-2-4-8-13/h2-9H,10-11,18H2,1H3. The van der Waals surface area contributed by atoms with Gasteiger partial charge in [-0.3, -0.25) is 0 Å². The van der Waals surface area contributed by atoms with Crippen LogP contribution in [-0.4, -0.2) is 10.1 Å². The van der Waals surface area contributed by atoms with Crippen molar-refractivity contribution in [3.63, 3.8) is 0 Å². The summed E-state index contributed by atoms with van der Waals surface area (Å²) in [6.45, 7) is 1.96. The van der Waals surface area contributed by atoms with Crippen LogP contribution in [0.5, 0.6) is 0 Å². The van der Waals surface area contributed by atoms with E-state index in [4.69, 9.17) is 10.3 Å². The summed E-state index contributed by atoms with van der Waals surface area (Å²) in [6.07, 6.45) is 1.64. The highest BCUT2D eigenvalue weighted by Gasteiger charge is 2.12. The highest BCUT2D eigenvalue weighted by Crippen LogP contribution is 2.26. The minimum Gasteiger partial charge on any atom is -0.398 e. The maximum Gasteiger partial charge on any atom is 0.260 e. The number of aryl methyl sites for hydroxylation is 3. The van der Waals surface area contributed by atoms with Gasteiger partial charge in [-0.1, -0.05) is 47.6 Å². The van der Waals surface area contributed by atoms with E-state index in [9.17, 15) is 0 Å². The zero-order valence-corrected chi connectivity index (χ0v) is 11.9. The van der Waals surface area contributed by atoms with Crippen LogP contribution in [0.1, 0.15) is 17.0 Å². The molecule has 2 aromatic carbocycles. The van der Waals surface area contributed by atoms with E-state index in [0.717, 1.165) is 24.0 Å². The van der Waals surface area contributed by atoms with Gasteiger partial charge in [-0.15, -0.1) is 0 Å². The van der Waals surface area contributed by atoms with Crippen molar-refractivity contribution in [2.75, 3.05) is 5.73 Å². The zero-order chi connectivity index (χ0) is 14.7. The number of benzene rings is 2. The van der Waals surface area contributed by atoms with Crippen LogP contribution in [0.25, 0.3) is 11.5 Å². The second-order valence-corrected chi connectivity index (χ2v) is 5.04. The van der Waals surface area contributed by atoms with Gasteiger partial charge < -0.3 is 10.3 Å². The molecular formula is C17H17N3O. The number of nitrogens with zero attached hydrogens (tertiary/aromatic N) is 2. The van der Waals surface area contributed by atoms with Crippen LogP contribution in [0.3, 0.4) is 0 Å². The third-order valence-corrected chi connectivity index (χ3v) is 3.50. The van der Waals surface area contributed by atoms with Gasteiger partial charge in [-0.05, 0) is 30.5 Å². The Kier molecular flexibility index (Phi) is 3.69. The summed E-state index contributed by atoms with van der Waals surface area (Å²) >= 11 is 0. The predicted octanol–water partition coefficient (Wildman–Crippen LogP) is 3.41. The first kappa shape index (κ1) is 13.4. The molecule has 0 aliphatic heterocycles. The summed E-state index contributed by atoms with van der Waals surface area (Å²) in [7, 11) is 0. The monoisotopic (exact) mass is 279 g/mol. The third-order valence-electron chi connectivity index (χ3n) is 3.50. The SMILES string of the molecule is Cc1cccc(-c2nc(CCc3ccccc3)no2)c1N. The zero-order valence-electron chi connectivity index (χ0n) is 11.9. The molecule has 1 aromatic heterocycles. The Bertz CT molecular complexity index is 735. The van der Waals surface area contributed by atoms with Gasteiger partial charge in [0.2, 0.25) is 0 Å². The highest BCUT2D eigenvalue weighted by atomic mass is 16.5. The Morgan fingerprint density at radius 3 is 2.62 bits per heavy atom. The van der Waals surface area contributed by atoms with E-state index in [0.29, 0.717) is 17.4 Å². The fourth-order valence-electron chi connectivity index (χ4n) is 2.23. The van der Waals surface area contributed by atoms with E-state index in [-0.39, 0.29) is 0 Å². The number of para-hydroxylation sites is 1. The van der Waals surface area contributed by atoms with E-state index in [1.165, 1.54) is 5.56 Å². The molecule has 0 fully saturated rings. The topological polar surface area (TPSA) is 64.9 Å². The molecule has 1 heterocycles. The van der Waals surface area contributed by atoms with Gasteiger partial charge in [-0.2, -0.15) is 4.98 Å². The van der Waals surface area contributed by atoms with Crippen LogP contribution in [0.4, 0.5) is 5.69 Å². The van der Waals surface area contributed by atoms with E-state index < -0.39 is 0 Å². The molecule has 0 unspecified atom stereocenters. The fourth-order valence-corrected chi connectivity index (χ4v) is 2.23. The van der Waals surface area contributed by atoms with Crippen molar-refractivity contribution in [3.05, 3.63) is 65.5 Å². The van der Waals surface area contributed by atoms with Gasteiger partial charge in [0.15, 0.2) is 5.82 Å². The van der Waals surface area contributed by atoms with Crippen molar-refractivity contribution in [3.8, 4) is 11.5 Å². The molecule has 3 aromatic rings. The number of aromatic nitrogens is 2. The van der Waals surface area contributed by atoms with Crippen LogP contribution in [0, 0.1) is 6.92 Å². The van der Waals surface area contributed by atoms with E-state index in [2.05, 4.69) is 22.3 Å². The molecule has 0 radical (unpaired) electrons. The maximum absolute atomic E-state index is 6.06. The minimum absolute atomic E-state index is 0.485. The average molecular weight is 279 g/mol. The summed E-state index contributed by atoms with van der Waals surface area (Å²) in [5, 5.41) is 4.04. The summed E-state index contributed by atoms with van der Waals surface area (Å²) in [5.74, 6) is 1.19. The number of nitrogen functional groups attached to an aromatic ring is 1. The lowest BCUT2D eigenvalue weighted by Gasteiger charge is -2.03. The van der Waals surface area contributed by atoms with Crippen LogP contribution < -0.4 is 5.73 Å². The van der Waals surface area contributed by atoms with Crippen LogP contribution in [-0.2, 0) is 12.8 Å². The lowest BCUT2D eigenvalue weighted by molar-refractivity contribution is 0.422. The molecule has 0 spiro atoms. The normalized spacial score (nSPS) is 10.7. The molecular weight excluding hydrogens is 262 g/mol. The molecule has 106 valence electrons. The van der Waals surface area contributed by atoms with E-state index in [1.807, 2.05) is 43.3 Å². The Labute approximate surface area is 123 Å². The Morgan fingerprint density at radius 2 is 1.81 bits per heavy atom. The van der Waals surface area contributed by atoms with Crippen molar-refractivity contribution in [1.82, 2.24) is 10.1 Å². The summed E-state index contributed by atoms with van der Waals surface area (Å²) in [6, 6.07) is 16.1. The minimum atomic E-state index is 0.485. The van der Waals surface area contributed by atoms with Crippen molar-refractivity contribution < 1.29 is 4.52 Å². The van der Waals surface area contributed by atoms with Crippen LogP contribution in [0.2, 0.25) is 0 Å². The largest absolute Gasteiger partial charge is 0.398 e. The Hall–Kier alpha value is -2.62. The molecule has 2 N–H and O–H groups in total. The van der Waals surface area contributed by atoms with E-state index in [1.54, 1.807) is 0 Å². The van der Waals surface area contributed by atoms with Gasteiger partial charge in [0.05, 0.1) is 5.56 Å². The predicted molar refractivity (Wildman–Crippen MR) is 82.7 cm³/mol. The van der Waals surface area contributed by atoms with Gasteiger partial charge in [0.1, 0.15) is 0 Å². The summed E-state index contributed by atoms with van der Waals surface area (Å²) < 4.78 is 5.33. The maximum atomic E-state index is 6.06. The third kappa shape index (κ3) is 2.94. The van der Waals surface area contributed by atoms with Gasteiger partial charge >= 0.3 is 0 Å². The van der Waals surface area contributed by atoms with Gasteiger partial charge in [-0.25, -0.2) is 0 Å². The molecule has 0 atom stereocenters. The molecule has 0 aliphatic rings. The molecule has 0 saturated heterocycles. The second kappa shape index (κ2) is 5.79. The van der Waals surface area contributed by atoms with Crippen LogP contribution in [0.15, 0.2) is 53.1 Å². The Balaban J connectivity index is 1.76. The average Bonchev–Trinajstić information content (AvgIpc) is 2.98. The Morgan fingerprint density at radius 1 is 1.00 bits per heavy atom. The second-order valence-electron chi connectivity index (χ2n) is 5.04. The van der Waals surface area contributed by atoms with Crippen molar-refractivity contribution in [2.45, 2.75) is 19.8 Å². The lowest BCUT2D eigenvalue weighted by Crippen LogP contribution is -1.95. The fraction of sp³-hybridized carbons (Fsp3) is 0.176. The number of hydrogen-bond donors (Lipinski definition) is 1. The molecule has 0 saturated carbocycles. The van der Waals surface area contributed by atoms with Gasteiger partial charge in [0, 0.05) is 12.1 Å². The summed E-state index contributed by atoms with van der Waals surface area (Å²) in [5.41, 5.74) is 9.82. The molecule has 21 heavy (non-hydrogen) atoms. The molecule has 0 aliphatic carbocycles. The van der Waals surface area contributed by atoms with Crippen molar-refractivity contribution in [1.29, 1.82) is 0 Å². The quantitative estimate of drug-likeness (QED) is 0.743. The smallest absolute Gasteiger partial charge is 0.260 e. The molecule has 0 bridgehead atoms. The molecule has 4 nitrogen and oxygen atoms in total. The number of hydrogen-bond acceptors (Lipinski definition) is 4. The van der Waals surface area contributed by atoms with Crippen molar-refractivity contribution >= 4 is 5.69 Å². The number of rotatable bonds is 4. The first-order valence-electron chi connectivity index (χ1n) is 6.96. The lowest BCUT2D eigenvalue weighted by atomic mass is 10.1. The van der Waals surface area contributed by atoms with Crippen molar-refractivity contribution in [2.24, 2.45) is 0 Å². The summed E-state index contributed by atoms with van der Waals surface area (Å²) in [4.78, 5) is 4.44. The van der Waals surface area contributed by atoms with Crippen LogP contribution >= 0.6 is 0 Å². The van der Waals surface area contributed by atoms with Gasteiger partial charge in [0.25, 0.3) is 5.89 Å².